The molecule has 0 aliphatic carbocycles. The summed E-state index contributed by atoms with van der Waals surface area (Å²) in [4.78, 5) is 0. The second kappa shape index (κ2) is 7.47. The van der Waals surface area contributed by atoms with Gasteiger partial charge < -0.3 is 10.1 Å². The Labute approximate surface area is 115 Å². The summed E-state index contributed by atoms with van der Waals surface area (Å²) in [5.74, 6) is 0.685. The Morgan fingerprint density at radius 1 is 1.32 bits per heavy atom. The average molecular weight is 286 g/mol. The number of para-hydroxylation sites is 1. The van der Waals surface area contributed by atoms with Gasteiger partial charge in [0.2, 0.25) is 10.0 Å². The third kappa shape index (κ3) is 4.81. The zero-order valence-electron chi connectivity index (χ0n) is 11.6. The van der Waals surface area contributed by atoms with Crippen molar-refractivity contribution < 1.29 is 13.2 Å². The Hall–Kier alpha value is -1.11. The van der Waals surface area contributed by atoms with Crippen molar-refractivity contribution >= 4 is 10.0 Å². The predicted molar refractivity (Wildman–Crippen MR) is 76.8 cm³/mol. The lowest BCUT2D eigenvalue weighted by Crippen LogP contribution is -2.38. The van der Waals surface area contributed by atoms with E-state index < -0.39 is 15.3 Å². The second-order valence-electron chi connectivity index (χ2n) is 4.30. The van der Waals surface area contributed by atoms with Crippen LogP contribution in [0.1, 0.15) is 19.4 Å². The molecule has 0 aromatic heterocycles. The molecule has 1 unspecified atom stereocenters. The molecular formula is C13H22N2O3S. The lowest BCUT2D eigenvalue weighted by molar-refractivity contribution is 0.409. The van der Waals surface area contributed by atoms with Crippen molar-refractivity contribution in [3.63, 3.8) is 0 Å². The van der Waals surface area contributed by atoms with Crippen molar-refractivity contribution in [2.24, 2.45) is 0 Å². The van der Waals surface area contributed by atoms with E-state index in [-0.39, 0.29) is 6.54 Å². The molecule has 1 atom stereocenters. The van der Waals surface area contributed by atoms with E-state index in [1.165, 1.54) is 0 Å². The third-order valence-electron chi connectivity index (χ3n) is 2.87. The van der Waals surface area contributed by atoms with Crippen LogP contribution < -0.4 is 14.8 Å². The minimum absolute atomic E-state index is 0.239. The summed E-state index contributed by atoms with van der Waals surface area (Å²) < 4.78 is 31.8. The van der Waals surface area contributed by atoms with Crippen molar-refractivity contribution in [1.82, 2.24) is 10.0 Å². The fraction of sp³-hybridized carbons (Fsp3) is 0.538. The highest BCUT2D eigenvalue weighted by molar-refractivity contribution is 7.90. The molecule has 0 bridgehead atoms. The number of benzene rings is 1. The van der Waals surface area contributed by atoms with Gasteiger partial charge in [-0.05, 0) is 19.5 Å². The largest absolute Gasteiger partial charge is 0.496 e. The summed E-state index contributed by atoms with van der Waals surface area (Å²) in [6.45, 7) is 5.07. The Balaban J connectivity index is 2.64. The number of ether oxygens (including phenoxy) is 1. The van der Waals surface area contributed by atoms with Crippen LogP contribution >= 0.6 is 0 Å². The smallest absolute Gasteiger partial charge is 0.215 e. The fourth-order valence-corrected chi connectivity index (χ4v) is 2.61. The molecule has 0 fully saturated rings. The van der Waals surface area contributed by atoms with Gasteiger partial charge >= 0.3 is 0 Å². The van der Waals surface area contributed by atoms with Crippen LogP contribution in [-0.4, -0.2) is 33.9 Å². The normalized spacial score (nSPS) is 13.2. The first-order valence-corrected chi connectivity index (χ1v) is 7.87. The molecule has 0 amide bonds. The van der Waals surface area contributed by atoms with Gasteiger partial charge in [0.1, 0.15) is 5.75 Å². The molecule has 1 rings (SSSR count). The van der Waals surface area contributed by atoms with Gasteiger partial charge in [0.05, 0.1) is 12.4 Å². The van der Waals surface area contributed by atoms with E-state index in [2.05, 4.69) is 10.0 Å². The number of rotatable bonds is 8. The second-order valence-corrected chi connectivity index (χ2v) is 6.48. The van der Waals surface area contributed by atoms with Crippen LogP contribution in [0.25, 0.3) is 0 Å². The standard InChI is InChI=1S/C13H22N2O3S/c1-4-14-9-11(2)19(16,17)15-10-12-7-5-6-8-13(12)18-3/h5-8,11,14-15H,4,9-10H2,1-3H3. The molecule has 1 aromatic rings. The zero-order chi connectivity index (χ0) is 14.3. The van der Waals surface area contributed by atoms with Crippen LogP contribution in [0.2, 0.25) is 0 Å². The minimum atomic E-state index is -3.32. The van der Waals surface area contributed by atoms with Crippen molar-refractivity contribution in [2.45, 2.75) is 25.6 Å². The van der Waals surface area contributed by atoms with Gasteiger partial charge in [-0.25, -0.2) is 13.1 Å². The van der Waals surface area contributed by atoms with Gasteiger partial charge in [-0.2, -0.15) is 0 Å². The van der Waals surface area contributed by atoms with E-state index in [1.54, 1.807) is 14.0 Å². The van der Waals surface area contributed by atoms with Crippen molar-refractivity contribution in [3.8, 4) is 5.75 Å². The van der Waals surface area contributed by atoms with E-state index in [0.717, 1.165) is 12.1 Å². The molecule has 1 aromatic carbocycles. The molecule has 108 valence electrons. The van der Waals surface area contributed by atoms with E-state index in [4.69, 9.17) is 4.74 Å². The van der Waals surface area contributed by atoms with Crippen LogP contribution in [-0.2, 0) is 16.6 Å². The summed E-state index contributed by atoms with van der Waals surface area (Å²) in [5, 5.41) is 2.56. The molecule has 0 saturated carbocycles. The average Bonchev–Trinajstić information content (AvgIpc) is 2.42. The van der Waals surface area contributed by atoms with Crippen molar-refractivity contribution in [1.29, 1.82) is 0 Å². The van der Waals surface area contributed by atoms with E-state index >= 15 is 0 Å². The quantitative estimate of drug-likeness (QED) is 0.751. The maximum absolute atomic E-state index is 12.0. The van der Waals surface area contributed by atoms with E-state index in [9.17, 15) is 8.42 Å². The van der Waals surface area contributed by atoms with E-state index in [1.807, 2.05) is 31.2 Å². The highest BCUT2D eigenvalue weighted by Gasteiger charge is 2.20. The number of hydrogen-bond acceptors (Lipinski definition) is 4. The molecule has 5 nitrogen and oxygen atoms in total. The first kappa shape index (κ1) is 15.9. The summed E-state index contributed by atoms with van der Waals surface area (Å²) in [6.07, 6.45) is 0. The SMILES string of the molecule is CCNCC(C)S(=O)(=O)NCc1ccccc1OC. The molecule has 0 aliphatic heterocycles. The van der Waals surface area contributed by atoms with Crippen LogP contribution in [0, 0.1) is 0 Å². The summed E-state index contributed by atoms with van der Waals surface area (Å²) in [7, 11) is -1.75. The highest BCUT2D eigenvalue weighted by Crippen LogP contribution is 2.17. The van der Waals surface area contributed by atoms with Gasteiger partial charge in [0.25, 0.3) is 0 Å². The lowest BCUT2D eigenvalue weighted by atomic mass is 10.2. The predicted octanol–water partition coefficient (Wildman–Crippen LogP) is 1.11. The highest BCUT2D eigenvalue weighted by atomic mass is 32.2. The van der Waals surface area contributed by atoms with E-state index in [0.29, 0.717) is 12.3 Å². The monoisotopic (exact) mass is 286 g/mol. The first-order chi connectivity index (χ1) is 9.01. The van der Waals surface area contributed by atoms with Crippen LogP contribution in [0.15, 0.2) is 24.3 Å². The van der Waals surface area contributed by atoms with Crippen LogP contribution in [0.5, 0.6) is 5.75 Å². The Kier molecular flexibility index (Phi) is 6.27. The third-order valence-corrected chi connectivity index (χ3v) is 4.64. The van der Waals surface area contributed by atoms with Gasteiger partial charge in [-0.3, -0.25) is 0 Å². The van der Waals surface area contributed by atoms with Gasteiger partial charge in [0.15, 0.2) is 0 Å². The summed E-state index contributed by atoms with van der Waals surface area (Å²) in [6, 6.07) is 7.36. The molecular weight excluding hydrogens is 264 g/mol. The summed E-state index contributed by atoms with van der Waals surface area (Å²) >= 11 is 0. The molecule has 6 heteroatoms. The molecule has 2 N–H and O–H groups in total. The molecule has 0 aliphatic rings. The molecule has 0 heterocycles. The lowest BCUT2D eigenvalue weighted by Gasteiger charge is -2.15. The van der Waals surface area contributed by atoms with Gasteiger partial charge in [0, 0.05) is 18.7 Å². The fourth-order valence-electron chi connectivity index (χ4n) is 1.63. The van der Waals surface area contributed by atoms with Gasteiger partial charge in [-0.1, -0.05) is 25.1 Å². The topological polar surface area (TPSA) is 67.4 Å². The number of sulfonamides is 1. The molecule has 0 radical (unpaired) electrons. The zero-order valence-corrected chi connectivity index (χ0v) is 12.5. The minimum Gasteiger partial charge on any atom is -0.496 e. The van der Waals surface area contributed by atoms with Crippen molar-refractivity contribution in [2.75, 3.05) is 20.2 Å². The number of methoxy groups -OCH3 is 1. The maximum Gasteiger partial charge on any atom is 0.215 e. The van der Waals surface area contributed by atoms with Crippen molar-refractivity contribution in [3.05, 3.63) is 29.8 Å². The van der Waals surface area contributed by atoms with Gasteiger partial charge in [-0.15, -0.1) is 0 Å². The first-order valence-electron chi connectivity index (χ1n) is 6.32. The maximum atomic E-state index is 12.0. The van der Waals surface area contributed by atoms with Crippen LogP contribution in [0.4, 0.5) is 0 Å². The molecule has 19 heavy (non-hydrogen) atoms. The Morgan fingerprint density at radius 2 is 2.00 bits per heavy atom. The van der Waals surface area contributed by atoms with Crippen LogP contribution in [0.3, 0.4) is 0 Å². The Bertz CT molecular complexity index is 488. The number of hydrogen-bond donors (Lipinski definition) is 2. The molecule has 0 saturated heterocycles. The Morgan fingerprint density at radius 3 is 2.63 bits per heavy atom. The number of nitrogens with one attached hydrogen (secondary N) is 2. The summed E-state index contributed by atoms with van der Waals surface area (Å²) in [5.41, 5.74) is 0.823. The molecule has 0 spiro atoms.